The molecule has 20 heavy (non-hydrogen) atoms. The van der Waals surface area contributed by atoms with Gasteiger partial charge in [-0.2, -0.15) is 0 Å². The van der Waals surface area contributed by atoms with Crippen LogP contribution in [0, 0.1) is 0 Å². The second-order valence-electron chi connectivity index (χ2n) is 4.23. The van der Waals surface area contributed by atoms with Crippen LogP contribution in [0.5, 0.6) is 0 Å². The Morgan fingerprint density at radius 2 is 1.75 bits per heavy atom. The molecule has 0 saturated carbocycles. The van der Waals surface area contributed by atoms with Crippen LogP contribution in [0.1, 0.15) is 40.0 Å². The molecule has 0 rings (SSSR count). The second-order valence-corrected chi connectivity index (χ2v) is 6.28. The lowest BCUT2D eigenvalue weighted by atomic mass is 10.1. The fraction of sp³-hybridized carbons (Fsp3) is 0.692. The van der Waals surface area contributed by atoms with Gasteiger partial charge in [0.2, 0.25) is 0 Å². The topological polar surface area (TPSA) is 89.9 Å². The predicted octanol–water partition coefficient (Wildman–Crippen LogP) is 3.02. The number of allylic oxidation sites excluding steroid dienone is 1. The van der Waals surface area contributed by atoms with Gasteiger partial charge in [-0.3, -0.25) is 9.36 Å². The molecule has 0 unspecified atom stereocenters. The van der Waals surface area contributed by atoms with Gasteiger partial charge in [-0.15, -0.1) is 0 Å². The summed E-state index contributed by atoms with van der Waals surface area (Å²) in [6, 6.07) is 0. The molecule has 0 bridgehead atoms. The highest BCUT2D eigenvalue weighted by molar-refractivity contribution is 7.54. The van der Waals surface area contributed by atoms with E-state index in [0.29, 0.717) is 12.8 Å². The van der Waals surface area contributed by atoms with Gasteiger partial charge in [0.15, 0.2) is 0 Å². The molecule has 0 amide bonds. The van der Waals surface area contributed by atoms with Crippen LogP contribution in [0.3, 0.4) is 0 Å². The van der Waals surface area contributed by atoms with Crippen molar-refractivity contribution in [2.45, 2.75) is 40.0 Å². The first-order chi connectivity index (χ1) is 9.34. The summed E-state index contributed by atoms with van der Waals surface area (Å²) in [4.78, 5) is 22.3. The minimum atomic E-state index is -3.32. The van der Waals surface area contributed by atoms with E-state index in [4.69, 9.17) is 14.2 Å². The molecule has 0 aromatic heterocycles. The van der Waals surface area contributed by atoms with Crippen LogP contribution in [-0.2, 0) is 23.2 Å². The molecular weight excluding hydrogens is 283 g/mol. The predicted molar refractivity (Wildman–Crippen MR) is 76.0 cm³/mol. The van der Waals surface area contributed by atoms with Crippen LogP contribution in [0.2, 0.25) is 0 Å². The Morgan fingerprint density at radius 3 is 2.20 bits per heavy atom. The molecule has 7 heteroatoms. The Morgan fingerprint density at radius 1 is 1.20 bits per heavy atom. The molecule has 0 spiro atoms. The highest BCUT2D eigenvalue weighted by atomic mass is 31.2. The van der Waals surface area contributed by atoms with E-state index in [1.807, 2.05) is 0 Å². The molecule has 0 aliphatic carbocycles. The summed E-state index contributed by atoms with van der Waals surface area (Å²) < 4.78 is 22.2. The van der Waals surface area contributed by atoms with E-state index >= 15 is 0 Å². The summed E-state index contributed by atoms with van der Waals surface area (Å²) in [5, 5.41) is 8.66. The van der Waals surface area contributed by atoms with Crippen molar-refractivity contribution in [3.05, 3.63) is 11.6 Å². The number of unbranched alkanes of at least 4 members (excludes halogenated alkanes) is 1. The largest absolute Gasteiger partial charge is 0.478 e. The SMILES string of the molecule is CCOP(=O)(CC(=O)CCC/C=C(/C)C(=O)O)OCC. The number of hydrogen-bond donors (Lipinski definition) is 1. The van der Waals surface area contributed by atoms with E-state index in [9.17, 15) is 14.2 Å². The number of carboxylic acids is 1. The lowest BCUT2D eigenvalue weighted by Crippen LogP contribution is -2.09. The molecule has 0 aliphatic heterocycles. The van der Waals surface area contributed by atoms with E-state index in [1.165, 1.54) is 6.92 Å². The number of carboxylic acid groups (broad SMARTS) is 1. The first-order valence-corrected chi connectivity index (χ1v) is 8.37. The summed E-state index contributed by atoms with van der Waals surface area (Å²) >= 11 is 0. The zero-order chi connectivity index (χ0) is 15.6. The van der Waals surface area contributed by atoms with E-state index in [1.54, 1.807) is 19.9 Å². The molecule has 0 aliphatic rings. The van der Waals surface area contributed by atoms with Gasteiger partial charge < -0.3 is 14.2 Å². The normalized spacial score (nSPS) is 12.4. The van der Waals surface area contributed by atoms with Crippen LogP contribution in [-0.4, -0.2) is 36.2 Å². The molecule has 0 aromatic carbocycles. The van der Waals surface area contributed by atoms with Crippen LogP contribution < -0.4 is 0 Å². The van der Waals surface area contributed by atoms with E-state index in [-0.39, 0.29) is 37.2 Å². The van der Waals surface area contributed by atoms with Crippen molar-refractivity contribution in [3.63, 3.8) is 0 Å². The number of aliphatic carboxylic acids is 1. The standard InChI is InChI=1S/C13H23O6P/c1-4-18-20(17,19-5-2)10-12(14)9-7-6-8-11(3)13(15)16/h8H,4-7,9-10H2,1-3H3,(H,15,16)/b11-8-. The highest BCUT2D eigenvalue weighted by Crippen LogP contribution is 2.48. The maximum atomic E-state index is 12.1. The van der Waals surface area contributed by atoms with Crippen molar-refractivity contribution in [2.24, 2.45) is 0 Å². The van der Waals surface area contributed by atoms with Crippen molar-refractivity contribution >= 4 is 19.3 Å². The van der Waals surface area contributed by atoms with E-state index in [0.717, 1.165) is 0 Å². The molecule has 0 saturated heterocycles. The molecule has 6 nitrogen and oxygen atoms in total. The number of rotatable bonds is 11. The van der Waals surface area contributed by atoms with Gasteiger partial charge in [0.05, 0.1) is 13.2 Å². The molecular formula is C13H23O6P. The monoisotopic (exact) mass is 306 g/mol. The zero-order valence-electron chi connectivity index (χ0n) is 12.3. The zero-order valence-corrected chi connectivity index (χ0v) is 13.2. The van der Waals surface area contributed by atoms with Gasteiger partial charge in [-0.05, 0) is 33.6 Å². The fourth-order valence-corrected chi connectivity index (χ4v) is 3.16. The van der Waals surface area contributed by atoms with Crippen LogP contribution in [0.4, 0.5) is 0 Å². The van der Waals surface area contributed by atoms with Crippen LogP contribution in [0.25, 0.3) is 0 Å². The average Bonchev–Trinajstić information content (AvgIpc) is 2.34. The Kier molecular flexibility index (Phi) is 9.38. The Labute approximate surface area is 119 Å². The average molecular weight is 306 g/mol. The summed E-state index contributed by atoms with van der Waals surface area (Å²) in [5.74, 6) is -1.16. The van der Waals surface area contributed by atoms with Gasteiger partial charge in [0.25, 0.3) is 0 Å². The number of hydrogen-bond acceptors (Lipinski definition) is 5. The van der Waals surface area contributed by atoms with Crippen molar-refractivity contribution in [1.29, 1.82) is 0 Å². The molecule has 0 heterocycles. The third-order valence-corrected chi connectivity index (χ3v) is 4.51. The molecule has 1 N–H and O–H groups in total. The number of Topliss-reactive ketones (excluding diaryl/α,β-unsaturated/α-hetero) is 1. The number of carbonyl (C=O) groups excluding carboxylic acids is 1. The quantitative estimate of drug-likeness (QED) is 0.358. The Balaban J connectivity index is 4.18. The maximum Gasteiger partial charge on any atom is 0.338 e. The lowest BCUT2D eigenvalue weighted by Gasteiger charge is -2.15. The molecule has 116 valence electrons. The maximum absolute atomic E-state index is 12.1. The van der Waals surface area contributed by atoms with E-state index in [2.05, 4.69) is 0 Å². The smallest absolute Gasteiger partial charge is 0.338 e. The lowest BCUT2D eigenvalue weighted by molar-refractivity contribution is -0.132. The third-order valence-electron chi connectivity index (χ3n) is 2.47. The summed E-state index contributed by atoms with van der Waals surface area (Å²) in [5.41, 5.74) is 0.256. The Bertz CT molecular complexity index is 392. The van der Waals surface area contributed by atoms with Crippen LogP contribution >= 0.6 is 7.60 Å². The molecule has 0 atom stereocenters. The van der Waals surface area contributed by atoms with Gasteiger partial charge >= 0.3 is 13.6 Å². The van der Waals surface area contributed by atoms with Crippen molar-refractivity contribution in [3.8, 4) is 0 Å². The fourth-order valence-electron chi connectivity index (χ4n) is 1.52. The van der Waals surface area contributed by atoms with Crippen molar-refractivity contribution in [2.75, 3.05) is 19.4 Å². The van der Waals surface area contributed by atoms with Crippen molar-refractivity contribution < 1.29 is 28.3 Å². The third kappa shape index (κ3) is 8.25. The van der Waals surface area contributed by atoms with Gasteiger partial charge in [-0.1, -0.05) is 6.08 Å². The number of carbonyl (C=O) groups is 2. The minimum absolute atomic E-state index is 0.198. The first-order valence-electron chi connectivity index (χ1n) is 6.64. The summed E-state index contributed by atoms with van der Waals surface area (Å²) in [6.07, 6.45) is 2.59. The summed E-state index contributed by atoms with van der Waals surface area (Å²) in [7, 11) is -3.32. The molecule has 0 fully saturated rings. The van der Waals surface area contributed by atoms with Gasteiger partial charge in [0.1, 0.15) is 11.9 Å². The minimum Gasteiger partial charge on any atom is -0.478 e. The Hall–Kier alpha value is -0.970. The molecule has 0 aromatic rings. The van der Waals surface area contributed by atoms with E-state index < -0.39 is 13.6 Å². The second kappa shape index (κ2) is 9.86. The van der Waals surface area contributed by atoms with Crippen LogP contribution in [0.15, 0.2) is 11.6 Å². The summed E-state index contributed by atoms with van der Waals surface area (Å²) in [6.45, 7) is 5.34. The number of ketones is 1. The molecule has 0 radical (unpaired) electrons. The highest BCUT2D eigenvalue weighted by Gasteiger charge is 2.26. The van der Waals surface area contributed by atoms with Gasteiger partial charge in [0, 0.05) is 12.0 Å². The van der Waals surface area contributed by atoms with Crippen molar-refractivity contribution in [1.82, 2.24) is 0 Å². The van der Waals surface area contributed by atoms with Gasteiger partial charge in [-0.25, -0.2) is 4.79 Å². The first kappa shape index (κ1) is 19.0.